The summed E-state index contributed by atoms with van der Waals surface area (Å²) in [6.07, 6.45) is 2.97. The number of pyridine rings is 1. The minimum atomic E-state index is -0.300. The summed E-state index contributed by atoms with van der Waals surface area (Å²) in [6.45, 7) is 8.65. The van der Waals surface area contributed by atoms with E-state index in [0.717, 1.165) is 56.2 Å². The Hall–Kier alpha value is -3.96. The monoisotopic (exact) mass is 505 g/mol. The van der Waals surface area contributed by atoms with Gasteiger partial charge in [-0.2, -0.15) is 9.97 Å². The fourth-order valence-electron chi connectivity index (χ4n) is 4.15. The van der Waals surface area contributed by atoms with Gasteiger partial charge in [-0.05, 0) is 38.4 Å². The van der Waals surface area contributed by atoms with E-state index >= 15 is 0 Å². The molecule has 2 aromatic heterocycles. The molecule has 11 nitrogen and oxygen atoms in total. The van der Waals surface area contributed by atoms with Crippen molar-refractivity contribution in [1.82, 2.24) is 25.2 Å². The summed E-state index contributed by atoms with van der Waals surface area (Å²) in [5.74, 6) is 1.52. The van der Waals surface area contributed by atoms with Crippen LogP contribution in [0.3, 0.4) is 0 Å². The van der Waals surface area contributed by atoms with Crippen molar-refractivity contribution in [2.75, 3.05) is 88.0 Å². The lowest BCUT2D eigenvalue weighted by Crippen LogP contribution is -2.44. The second kappa shape index (κ2) is 11.8. The molecule has 1 fully saturated rings. The van der Waals surface area contributed by atoms with Crippen LogP contribution in [0.1, 0.15) is 0 Å². The topological polar surface area (TPSA) is 111 Å². The predicted molar refractivity (Wildman–Crippen MR) is 149 cm³/mol. The number of nitrogens with zero attached hydrogens (tertiary/aromatic N) is 6. The van der Waals surface area contributed by atoms with E-state index in [2.05, 4.69) is 47.2 Å². The Morgan fingerprint density at radius 1 is 1.19 bits per heavy atom. The summed E-state index contributed by atoms with van der Waals surface area (Å²) in [5.41, 5.74) is 2.67. The maximum Gasteiger partial charge on any atom is 0.247 e. The van der Waals surface area contributed by atoms with Gasteiger partial charge in [-0.25, -0.2) is 4.98 Å². The second-order valence-corrected chi connectivity index (χ2v) is 9.10. The van der Waals surface area contributed by atoms with Gasteiger partial charge < -0.3 is 35.4 Å². The molecular formula is C26H35N9O2. The molecule has 0 radical (unpaired) electrons. The van der Waals surface area contributed by atoms with E-state index in [0.29, 0.717) is 28.7 Å². The van der Waals surface area contributed by atoms with Crippen LogP contribution in [0.2, 0.25) is 0 Å². The van der Waals surface area contributed by atoms with Gasteiger partial charge in [0.1, 0.15) is 11.6 Å². The molecule has 1 saturated heterocycles. The third-order valence-corrected chi connectivity index (χ3v) is 6.17. The van der Waals surface area contributed by atoms with Crippen LogP contribution in [0.15, 0.2) is 43.1 Å². The molecule has 1 aromatic carbocycles. The smallest absolute Gasteiger partial charge is 0.247 e. The first-order chi connectivity index (χ1) is 17.9. The number of hydrogen-bond donors (Lipinski definition) is 3. The fraction of sp³-hybridized carbons (Fsp3) is 0.385. The van der Waals surface area contributed by atoms with Crippen LogP contribution in [0, 0.1) is 0 Å². The average molecular weight is 506 g/mol. The lowest BCUT2D eigenvalue weighted by atomic mass is 10.2. The number of nitrogens with one attached hydrogen (secondary N) is 3. The molecule has 0 spiro atoms. The van der Waals surface area contributed by atoms with E-state index in [9.17, 15) is 4.79 Å². The molecule has 3 aromatic rings. The quantitative estimate of drug-likeness (QED) is 0.355. The zero-order chi connectivity index (χ0) is 26.4. The fourth-order valence-corrected chi connectivity index (χ4v) is 4.15. The summed E-state index contributed by atoms with van der Waals surface area (Å²) in [5, 5.41) is 10.5. The average Bonchev–Trinajstić information content (AvgIpc) is 2.91. The van der Waals surface area contributed by atoms with Crippen molar-refractivity contribution in [3.8, 4) is 5.75 Å². The molecule has 1 aliphatic heterocycles. The number of methoxy groups -OCH3 is 1. The number of likely N-dealkylation sites (N-methyl/N-ethyl adjacent to an activating group) is 2. The number of hydrogen-bond acceptors (Lipinski definition) is 10. The van der Waals surface area contributed by atoms with Crippen LogP contribution in [0.25, 0.3) is 11.0 Å². The number of fused-ring (bicyclic) bond motifs is 1. The Kier molecular flexibility index (Phi) is 8.36. The van der Waals surface area contributed by atoms with E-state index in [-0.39, 0.29) is 5.91 Å². The standard InChI is InChI=1S/C26H35N9O2/c1-6-23(36)29-19-16-20(22(37-5)17-21(19)34(4)15-14-33(2)3)30-26-31-24-18(8-7-9-28-24)25(32-26)35-12-10-27-11-13-35/h6-9,16-17,27H,1,10-15H2,2-5H3,(H,29,36)(H,28,30,31,32). The molecule has 1 aliphatic rings. The summed E-state index contributed by atoms with van der Waals surface area (Å²) < 4.78 is 5.73. The van der Waals surface area contributed by atoms with Crippen molar-refractivity contribution in [2.45, 2.75) is 0 Å². The van der Waals surface area contributed by atoms with Crippen molar-refractivity contribution in [3.63, 3.8) is 0 Å². The number of carbonyl (C=O) groups excluding carboxylic acids is 1. The van der Waals surface area contributed by atoms with Crippen molar-refractivity contribution in [1.29, 1.82) is 0 Å². The van der Waals surface area contributed by atoms with E-state index in [1.165, 1.54) is 6.08 Å². The van der Waals surface area contributed by atoms with Crippen LogP contribution >= 0.6 is 0 Å². The summed E-state index contributed by atoms with van der Waals surface area (Å²) in [7, 11) is 7.64. The van der Waals surface area contributed by atoms with E-state index in [1.54, 1.807) is 13.3 Å². The van der Waals surface area contributed by atoms with Gasteiger partial charge in [0.15, 0.2) is 5.65 Å². The molecule has 3 N–H and O–H groups in total. The summed E-state index contributed by atoms with van der Waals surface area (Å²) in [6, 6.07) is 7.62. The van der Waals surface area contributed by atoms with Crippen LogP contribution in [-0.2, 0) is 4.79 Å². The highest BCUT2D eigenvalue weighted by molar-refractivity contribution is 6.02. The maximum absolute atomic E-state index is 12.3. The molecule has 0 atom stereocenters. The first-order valence-corrected chi connectivity index (χ1v) is 12.3. The molecule has 0 aliphatic carbocycles. The maximum atomic E-state index is 12.3. The van der Waals surface area contributed by atoms with Crippen LogP contribution in [0.5, 0.6) is 5.75 Å². The molecule has 0 saturated carbocycles. The highest BCUT2D eigenvalue weighted by atomic mass is 16.5. The number of benzene rings is 1. The highest BCUT2D eigenvalue weighted by Crippen LogP contribution is 2.38. The van der Waals surface area contributed by atoms with Gasteiger partial charge in [-0.1, -0.05) is 6.58 Å². The first-order valence-electron chi connectivity index (χ1n) is 12.3. The zero-order valence-corrected chi connectivity index (χ0v) is 21.9. The van der Waals surface area contributed by atoms with E-state index in [1.807, 2.05) is 45.4 Å². The Balaban J connectivity index is 1.74. The van der Waals surface area contributed by atoms with E-state index < -0.39 is 0 Å². The molecule has 4 rings (SSSR count). The van der Waals surface area contributed by atoms with Gasteiger partial charge >= 0.3 is 0 Å². The van der Waals surface area contributed by atoms with Crippen molar-refractivity contribution >= 4 is 45.8 Å². The molecular weight excluding hydrogens is 470 g/mol. The highest BCUT2D eigenvalue weighted by Gasteiger charge is 2.20. The minimum Gasteiger partial charge on any atom is -0.494 e. The largest absolute Gasteiger partial charge is 0.494 e. The number of rotatable bonds is 10. The Bertz CT molecular complexity index is 1260. The van der Waals surface area contributed by atoms with Gasteiger partial charge in [0, 0.05) is 58.6 Å². The number of amides is 1. The molecule has 3 heterocycles. The van der Waals surface area contributed by atoms with Crippen LogP contribution in [-0.4, -0.2) is 93.3 Å². The third-order valence-electron chi connectivity index (χ3n) is 6.17. The number of carbonyl (C=O) groups is 1. The Morgan fingerprint density at radius 2 is 1.97 bits per heavy atom. The lowest BCUT2D eigenvalue weighted by molar-refractivity contribution is -0.111. The number of anilines is 5. The van der Waals surface area contributed by atoms with Crippen molar-refractivity contribution in [3.05, 3.63) is 43.1 Å². The predicted octanol–water partition coefficient (Wildman–Crippen LogP) is 2.31. The van der Waals surface area contributed by atoms with E-state index in [4.69, 9.17) is 9.72 Å². The number of ether oxygens (including phenoxy) is 1. The van der Waals surface area contributed by atoms with Crippen molar-refractivity contribution < 1.29 is 9.53 Å². The van der Waals surface area contributed by atoms with Crippen molar-refractivity contribution in [2.24, 2.45) is 0 Å². The SMILES string of the molecule is C=CC(=O)Nc1cc(Nc2nc(N3CCNCC3)c3cccnc3n2)c(OC)cc1N(C)CCN(C)C. The molecule has 0 bridgehead atoms. The van der Waals surface area contributed by atoms with Gasteiger partial charge in [0.2, 0.25) is 11.9 Å². The van der Waals surface area contributed by atoms with Gasteiger partial charge in [-0.3, -0.25) is 4.79 Å². The number of piperazine rings is 1. The second-order valence-electron chi connectivity index (χ2n) is 9.10. The van der Waals surface area contributed by atoms with Gasteiger partial charge in [-0.15, -0.1) is 0 Å². The molecule has 11 heteroatoms. The summed E-state index contributed by atoms with van der Waals surface area (Å²) >= 11 is 0. The molecule has 0 unspecified atom stereocenters. The van der Waals surface area contributed by atoms with Gasteiger partial charge in [0.05, 0.1) is 29.6 Å². The molecule has 37 heavy (non-hydrogen) atoms. The minimum absolute atomic E-state index is 0.300. The number of aromatic nitrogens is 3. The van der Waals surface area contributed by atoms with Crippen LogP contribution < -0.4 is 30.5 Å². The normalized spacial score (nSPS) is 13.5. The van der Waals surface area contributed by atoms with Gasteiger partial charge in [0.25, 0.3) is 0 Å². The molecule has 1 amide bonds. The third kappa shape index (κ3) is 6.25. The molecule has 196 valence electrons. The first kappa shape index (κ1) is 26.1. The zero-order valence-electron chi connectivity index (χ0n) is 21.9. The Morgan fingerprint density at radius 3 is 2.68 bits per heavy atom. The Labute approximate surface area is 217 Å². The lowest BCUT2D eigenvalue weighted by Gasteiger charge is -2.29. The van der Waals surface area contributed by atoms with Crippen LogP contribution in [0.4, 0.5) is 28.8 Å². The summed E-state index contributed by atoms with van der Waals surface area (Å²) in [4.78, 5) is 32.7.